The van der Waals surface area contributed by atoms with Crippen LogP contribution in [0.3, 0.4) is 0 Å². The van der Waals surface area contributed by atoms with Crippen molar-refractivity contribution in [3.8, 4) is 0 Å². The van der Waals surface area contributed by atoms with E-state index >= 15 is 0 Å². The summed E-state index contributed by atoms with van der Waals surface area (Å²) in [6.07, 6.45) is -0.596. The Labute approximate surface area is 195 Å². The van der Waals surface area contributed by atoms with E-state index in [2.05, 4.69) is 5.32 Å². The summed E-state index contributed by atoms with van der Waals surface area (Å²) in [6, 6.07) is 3.40. The fourth-order valence-corrected chi connectivity index (χ4v) is 3.11. The van der Waals surface area contributed by atoms with Gasteiger partial charge in [-0.3, -0.25) is 19.7 Å². The lowest BCUT2D eigenvalue weighted by Crippen LogP contribution is -2.27. The molecule has 9 nitrogen and oxygen atoms in total. The number of esters is 3. The molecule has 0 unspecified atom stereocenters. The van der Waals surface area contributed by atoms with Gasteiger partial charge in [0, 0.05) is 12.6 Å². The largest absolute Gasteiger partial charge is 0.466 e. The first-order valence-electron chi connectivity index (χ1n) is 10.9. The molecule has 0 aliphatic heterocycles. The van der Waals surface area contributed by atoms with Gasteiger partial charge < -0.3 is 18.9 Å². The molecule has 0 aromatic heterocycles. The molecule has 0 saturated heterocycles. The maximum absolute atomic E-state index is 12.5. The summed E-state index contributed by atoms with van der Waals surface area (Å²) in [5.74, 6) is -2.27. The minimum atomic E-state index is -0.774. The van der Waals surface area contributed by atoms with Crippen LogP contribution in [0.1, 0.15) is 64.7 Å². The van der Waals surface area contributed by atoms with Crippen LogP contribution in [0, 0.1) is 12.8 Å². The molecule has 1 aromatic rings. The SMILES string of the molecule is CCOC(=O)C[C@H](Cc1ccc(NC(=O)OC(C)(C)C)c(C)c1COC(C)=O)C(=O)OCC. The van der Waals surface area contributed by atoms with Crippen LogP contribution in [-0.2, 0) is 46.4 Å². The number of nitrogens with one attached hydrogen (secondary N) is 1. The molecule has 0 bridgehead atoms. The van der Waals surface area contributed by atoms with Crippen molar-refractivity contribution in [1.29, 1.82) is 0 Å². The van der Waals surface area contributed by atoms with Crippen LogP contribution in [0.2, 0.25) is 0 Å². The van der Waals surface area contributed by atoms with Crippen LogP contribution < -0.4 is 5.32 Å². The highest BCUT2D eigenvalue weighted by Gasteiger charge is 2.27. The third kappa shape index (κ3) is 9.93. The van der Waals surface area contributed by atoms with Crippen molar-refractivity contribution in [1.82, 2.24) is 0 Å². The summed E-state index contributed by atoms with van der Waals surface area (Å²) in [7, 11) is 0. The lowest BCUT2D eigenvalue weighted by molar-refractivity contribution is -0.154. The third-order valence-corrected chi connectivity index (χ3v) is 4.56. The molecule has 0 saturated carbocycles. The Kier molecular flexibility index (Phi) is 10.8. The van der Waals surface area contributed by atoms with E-state index in [1.165, 1.54) is 6.92 Å². The van der Waals surface area contributed by atoms with Gasteiger partial charge in [-0.1, -0.05) is 6.07 Å². The zero-order valence-corrected chi connectivity index (χ0v) is 20.5. The van der Waals surface area contributed by atoms with Gasteiger partial charge in [-0.15, -0.1) is 0 Å². The van der Waals surface area contributed by atoms with Crippen molar-refractivity contribution in [2.75, 3.05) is 18.5 Å². The molecule has 1 aromatic carbocycles. The van der Waals surface area contributed by atoms with E-state index in [-0.39, 0.29) is 32.7 Å². The second kappa shape index (κ2) is 12.8. The van der Waals surface area contributed by atoms with Gasteiger partial charge in [0.25, 0.3) is 0 Å². The smallest absolute Gasteiger partial charge is 0.412 e. The molecule has 0 radical (unpaired) electrons. The maximum atomic E-state index is 12.5. The zero-order valence-electron chi connectivity index (χ0n) is 20.5. The third-order valence-electron chi connectivity index (χ3n) is 4.56. The van der Waals surface area contributed by atoms with E-state index in [9.17, 15) is 19.2 Å². The Morgan fingerprint density at radius 2 is 1.64 bits per heavy atom. The van der Waals surface area contributed by atoms with Crippen LogP contribution in [0.25, 0.3) is 0 Å². The number of amides is 1. The van der Waals surface area contributed by atoms with E-state index in [1.807, 2.05) is 0 Å². The van der Waals surface area contributed by atoms with Crippen LogP contribution in [0.5, 0.6) is 0 Å². The molecule has 1 atom stereocenters. The lowest BCUT2D eigenvalue weighted by Gasteiger charge is -2.22. The Bertz CT molecular complexity index is 857. The molecular formula is C24H35NO8. The minimum absolute atomic E-state index is 0.0602. The Morgan fingerprint density at radius 3 is 2.18 bits per heavy atom. The summed E-state index contributed by atoms with van der Waals surface area (Å²) in [5, 5.41) is 2.70. The Morgan fingerprint density at radius 1 is 1.00 bits per heavy atom. The van der Waals surface area contributed by atoms with E-state index < -0.39 is 35.5 Å². The first-order chi connectivity index (χ1) is 15.4. The summed E-state index contributed by atoms with van der Waals surface area (Å²) in [4.78, 5) is 48.2. The second-order valence-corrected chi connectivity index (χ2v) is 8.45. The summed E-state index contributed by atoms with van der Waals surface area (Å²) < 4.78 is 20.7. The Hall–Kier alpha value is -3.10. The molecule has 9 heteroatoms. The molecule has 184 valence electrons. The number of carbonyl (C=O) groups excluding carboxylic acids is 4. The molecule has 0 spiro atoms. The molecule has 33 heavy (non-hydrogen) atoms. The van der Waals surface area contributed by atoms with Gasteiger partial charge in [0.1, 0.15) is 12.2 Å². The number of hydrogen-bond acceptors (Lipinski definition) is 8. The number of ether oxygens (including phenoxy) is 4. The van der Waals surface area contributed by atoms with Crippen LogP contribution in [0.4, 0.5) is 10.5 Å². The van der Waals surface area contributed by atoms with Crippen LogP contribution in [0.15, 0.2) is 12.1 Å². The van der Waals surface area contributed by atoms with Gasteiger partial charge in [-0.25, -0.2) is 4.79 Å². The molecule has 0 heterocycles. The molecule has 1 amide bonds. The van der Waals surface area contributed by atoms with E-state index in [1.54, 1.807) is 53.7 Å². The minimum Gasteiger partial charge on any atom is -0.466 e. The number of carbonyl (C=O) groups is 4. The van der Waals surface area contributed by atoms with E-state index in [0.717, 1.165) is 0 Å². The number of hydrogen-bond donors (Lipinski definition) is 1. The zero-order chi connectivity index (χ0) is 25.2. The van der Waals surface area contributed by atoms with Gasteiger partial charge in [-0.05, 0) is 70.7 Å². The molecule has 0 aliphatic carbocycles. The van der Waals surface area contributed by atoms with Crippen molar-refractivity contribution in [3.63, 3.8) is 0 Å². The second-order valence-electron chi connectivity index (χ2n) is 8.45. The highest BCUT2D eigenvalue weighted by atomic mass is 16.6. The number of anilines is 1. The number of benzene rings is 1. The average molecular weight is 466 g/mol. The average Bonchev–Trinajstić information content (AvgIpc) is 2.67. The first-order valence-corrected chi connectivity index (χ1v) is 10.9. The van der Waals surface area contributed by atoms with Gasteiger partial charge in [-0.2, -0.15) is 0 Å². The quantitative estimate of drug-likeness (QED) is 0.406. The molecular weight excluding hydrogens is 430 g/mol. The predicted molar refractivity (Wildman–Crippen MR) is 122 cm³/mol. The van der Waals surface area contributed by atoms with Crippen molar-refractivity contribution in [2.45, 2.75) is 73.5 Å². The highest BCUT2D eigenvalue weighted by Crippen LogP contribution is 2.28. The summed E-state index contributed by atoms with van der Waals surface area (Å²) >= 11 is 0. The van der Waals surface area contributed by atoms with Crippen molar-refractivity contribution >= 4 is 29.7 Å². The molecule has 0 aliphatic rings. The van der Waals surface area contributed by atoms with Crippen LogP contribution >= 0.6 is 0 Å². The highest BCUT2D eigenvalue weighted by molar-refractivity contribution is 5.86. The van der Waals surface area contributed by atoms with Gasteiger partial charge >= 0.3 is 24.0 Å². The Balaban J connectivity index is 3.28. The molecule has 0 fully saturated rings. The fraction of sp³-hybridized carbons (Fsp3) is 0.583. The van der Waals surface area contributed by atoms with Gasteiger partial charge in [0.15, 0.2) is 0 Å². The summed E-state index contributed by atoms with van der Waals surface area (Å²) in [5.41, 5.74) is 1.77. The fourth-order valence-electron chi connectivity index (χ4n) is 3.11. The summed E-state index contributed by atoms with van der Waals surface area (Å²) in [6.45, 7) is 12.0. The monoisotopic (exact) mass is 465 g/mol. The molecule has 1 rings (SSSR count). The van der Waals surface area contributed by atoms with E-state index in [0.29, 0.717) is 22.4 Å². The predicted octanol–water partition coefficient (Wildman–Crippen LogP) is 4.08. The van der Waals surface area contributed by atoms with Crippen molar-refractivity contribution in [3.05, 3.63) is 28.8 Å². The van der Waals surface area contributed by atoms with Crippen molar-refractivity contribution in [2.24, 2.45) is 5.92 Å². The van der Waals surface area contributed by atoms with Crippen molar-refractivity contribution < 1.29 is 38.1 Å². The number of rotatable bonds is 10. The molecule has 1 N–H and O–H groups in total. The standard InChI is InChI=1S/C24H35NO8/c1-8-30-21(27)13-18(22(28)31-9-2)12-17-10-11-20(25-23(29)33-24(5,6)7)15(3)19(17)14-32-16(4)26/h10-11,18H,8-9,12-14H2,1-7H3,(H,25,29)/t18-/m0/s1. The van der Waals surface area contributed by atoms with Gasteiger partial charge in [0.05, 0.1) is 25.6 Å². The topological polar surface area (TPSA) is 117 Å². The lowest BCUT2D eigenvalue weighted by atomic mass is 9.90. The normalized spacial score (nSPS) is 11.8. The first kappa shape index (κ1) is 27.9. The van der Waals surface area contributed by atoms with E-state index in [4.69, 9.17) is 18.9 Å². The van der Waals surface area contributed by atoms with Crippen LogP contribution in [-0.4, -0.2) is 42.8 Å². The maximum Gasteiger partial charge on any atom is 0.412 e. The van der Waals surface area contributed by atoms with Gasteiger partial charge in [0.2, 0.25) is 0 Å².